The number of piperidine rings is 1. The highest BCUT2D eigenvalue weighted by molar-refractivity contribution is 5.99. The molecule has 0 radical (unpaired) electrons. The molecule has 1 N–H and O–H groups in total. The number of ether oxygens (including phenoxy) is 1. The van der Waals surface area contributed by atoms with E-state index in [-0.39, 0.29) is 23.9 Å². The third kappa shape index (κ3) is 4.61. The lowest BCUT2D eigenvalue weighted by Gasteiger charge is -2.50. The molecule has 4 rings (SSSR count). The van der Waals surface area contributed by atoms with Crippen molar-refractivity contribution in [2.45, 2.75) is 64.2 Å². The predicted octanol–water partition coefficient (Wildman–Crippen LogP) is 3.95. The summed E-state index contributed by atoms with van der Waals surface area (Å²) < 4.78 is 46.6. The fourth-order valence-electron chi connectivity index (χ4n) is 5.32. The summed E-state index contributed by atoms with van der Waals surface area (Å²) in [5.74, 6) is -1.09. The summed E-state index contributed by atoms with van der Waals surface area (Å²) in [5, 5.41) is 9.75. The fraction of sp³-hybridized carbons (Fsp3) is 0.560. The summed E-state index contributed by atoms with van der Waals surface area (Å²) in [7, 11) is 2.01. The van der Waals surface area contributed by atoms with Gasteiger partial charge in [-0.1, -0.05) is 6.07 Å². The largest absolute Gasteiger partial charge is 0.491 e. The molecule has 0 amide bonds. The maximum atomic E-state index is 13.1. The minimum Gasteiger partial charge on any atom is -0.491 e. The second-order valence-corrected chi connectivity index (χ2v) is 9.58. The smallest absolute Gasteiger partial charge is 0.456 e. The summed E-state index contributed by atoms with van der Waals surface area (Å²) in [6.07, 6.45) is -3.34. The Morgan fingerprint density at radius 1 is 1.12 bits per heavy atom. The van der Waals surface area contributed by atoms with Crippen LogP contribution in [0.2, 0.25) is 0 Å². The summed E-state index contributed by atoms with van der Waals surface area (Å²) in [5.41, 5.74) is 1.98. The number of ketones is 1. The van der Waals surface area contributed by atoms with Gasteiger partial charge in [-0.05, 0) is 63.6 Å². The molecule has 1 saturated heterocycles. The topological polar surface area (TPSA) is 57.9 Å². The van der Waals surface area contributed by atoms with E-state index in [9.17, 15) is 23.1 Å². The zero-order valence-corrected chi connectivity index (χ0v) is 19.9. The van der Waals surface area contributed by atoms with Crippen LogP contribution in [0.1, 0.15) is 54.0 Å². The van der Waals surface area contributed by atoms with Crippen LogP contribution in [0.3, 0.4) is 0 Å². The first-order valence-corrected chi connectivity index (χ1v) is 11.7. The van der Waals surface area contributed by atoms with Crippen LogP contribution in [0, 0.1) is 0 Å². The van der Waals surface area contributed by atoms with Crippen molar-refractivity contribution in [1.29, 1.82) is 0 Å². The molecular weight excluding hydrogens is 447 g/mol. The minimum atomic E-state index is -4.88. The highest BCUT2D eigenvalue weighted by Crippen LogP contribution is 2.42. The molecule has 3 heterocycles. The molecule has 2 aliphatic heterocycles. The standard InChI is InChI=1S/C25H32F3N3O3/c1-17(2)34-21-6-4-18(14-19(21)16-32)15-30-10-8-24(9-11-30)22-7-5-20(23(33)25(26,27)28)31(22)13-12-29(24)3/h4-7,14,17,32H,8-13,15-16H2,1-3H3. The van der Waals surface area contributed by atoms with E-state index in [2.05, 4.69) is 9.80 Å². The number of benzene rings is 1. The minimum absolute atomic E-state index is 0.0211. The van der Waals surface area contributed by atoms with Gasteiger partial charge in [-0.3, -0.25) is 14.6 Å². The van der Waals surface area contributed by atoms with Crippen LogP contribution < -0.4 is 4.74 Å². The van der Waals surface area contributed by atoms with Gasteiger partial charge in [-0.15, -0.1) is 0 Å². The molecule has 0 bridgehead atoms. The van der Waals surface area contributed by atoms with E-state index in [1.54, 1.807) is 10.6 Å². The van der Waals surface area contributed by atoms with Crippen LogP contribution in [0.15, 0.2) is 30.3 Å². The lowest BCUT2D eigenvalue weighted by molar-refractivity contribution is -0.0892. The molecular formula is C25H32F3N3O3. The molecule has 2 aromatic rings. The second-order valence-electron chi connectivity index (χ2n) is 9.58. The number of hydrogen-bond donors (Lipinski definition) is 1. The SMILES string of the molecule is CC(C)Oc1ccc(CN2CCC3(CC2)c2ccc(C(=O)C(F)(F)F)n2CCN3C)cc1CO. The third-order valence-electron chi connectivity index (χ3n) is 7.08. The molecule has 6 nitrogen and oxygen atoms in total. The van der Waals surface area contributed by atoms with E-state index in [0.717, 1.165) is 42.8 Å². The van der Waals surface area contributed by atoms with Crippen molar-refractivity contribution in [3.63, 3.8) is 0 Å². The van der Waals surface area contributed by atoms with Crippen LogP contribution in [-0.4, -0.2) is 64.2 Å². The van der Waals surface area contributed by atoms with Crippen molar-refractivity contribution in [1.82, 2.24) is 14.4 Å². The number of fused-ring (bicyclic) bond motifs is 2. The van der Waals surface area contributed by atoms with Gasteiger partial charge in [0.15, 0.2) is 0 Å². The van der Waals surface area contributed by atoms with Crippen LogP contribution in [0.5, 0.6) is 5.75 Å². The Morgan fingerprint density at radius 3 is 2.44 bits per heavy atom. The Labute approximate surface area is 197 Å². The van der Waals surface area contributed by atoms with Gasteiger partial charge >= 0.3 is 6.18 Å². The predicted molar refractivity (Wildman–Crippen MR) is 122 cm³/mol. The molecule has 186 valence electrons. The van der Waals surface area contributed by atoms with Crippen LogP contribution in [0.25, 0.3) is 0 Å². The number of nitrogens with zero attached hydrogens (tertiary/aromatic N) is 3. The van der Waals surface area contributed by atoms with Crippen molar-refractivity contribution in [2.75, 3.05) is 26.7 Å². The summed E-state index contributed by atoms with van der Waals surface area (Å²) in [4.78, 5) is 16.5. The van der Waals surface area contributed by atoms with Gasteiger partial charge in [0, 0.05) is 44.0 Å². The van der Waals surface area contributed by atoms with Crippen molar-refractivity contribution >= 4 is 5.78 Å². The van der Waals surface area contributed by atoms with Crippen molar-refractivity contribution in [3.05, 3.63) is 52.8 Å². The van der Waals surface area contributed by atoms with Crippen molar-refractivity contribution in [3.8, 4) is 5.75 Å². The number of aliphatic hydroxyl groups is 1. The van der Waals surface area contributed by atoms with Crippen LogP contribution in [0.4, 0.5) is 13.2 Å². The highest BCUT2D eigenvalue weighted by atomic mass is 19.4. The normalized spacial score (nSPS) is 18.9. The van der Waals surface area contributed by atoms with E-state index in [0.29, 0.717) is 25.4 Å². The Morgan fingerprint density at radius 2 is 1.82 bits per heavy atom. The molecule has 0 atom stereocenters. The van der Waals surface area contributed by atoms with E-state index >= 15 is 0 Å². The van der Waals surface area contributed by atoms with Crippen molar-refractivity contribution < 1.29 is 27.8 Å². The van der Waals surface area contributed by atoms with Gasteiger partial charge in [-0.2, -0.15) is 13.2 Å². The Kier molecular flexibility index (Phi) is 6.81. The molecule has 1 aromatic carbocycles. The van der Waals surface area contributed by atoms with E-state index in [1.165, 1.54) is 6.07 Å². The number of hydrogen-bond acceptors (Lipinski definition) is 5. The lowest BCUT2D eigenvalue weighted by atomic mass is 9.81. The van der Waals surface area contributed by atoms with Crippen molar-refractivity contribution in [2.24, 2.45) is 0 Å². The quantitative estimate of drug-likeness (QED) is 0.636. The molecule has 1 fully saturated rings. The van der Waals surface area contributed by atoms with E-state index in [1.807, 2.05) is 39.1 Å². The zero-order valence-electron chi connectivity index (χ0n) is 19.9. The van der Waals surface area contributed by atoms with Gasteiger partial charge < -0.3 is 14.4 Å². The van der Waals surface area contributed by atoms with Gasteiger partial charge in [0.2, 0.25) is 0 Å². The molecule has 9 heteroatoms. The Bertz CT molecular complexity index is 1040. The van der Waals surface area contributed by atoms with Crippen LogP contribution >= 0.6 is 0 Å². The maximum absolute atomic E-state index is 13.1. The van der Waals surface area contributed by atoms with Gasteiger partial charge in [0.1, 0.15) is 5.75 Å². The maximum Gasteiger partial charge on any atom is 0.456 e. The van der Waals surface area contributed by atoms with Gasteiger partial charge in [0.05, 0.1) is 23.9 Å². The molecule has 34 heavy (non-hydrogen) atoms. The third-order valence-corrected chi connectivity index (χ3v) is 7.08. The number of likely N-dealkylation sites (tertiary alicyclic amines) is 1. The highest BCUT2D eigenvalue weighted by Gasteiger charge is 2.47. The first-order valence-electron chi connectivity index (χ1n) is 11.7. The number of rotatable bonds is 6. The number of carbonyl (C=O) groups is 1. The number of likely N-dealkylation sites (N-methyl/N-ethyl adjacent to an activating group) is 1. The second kappa shape index (κ2) is 9.36. The van der Waals surface area contributed by atoms with Crippen LogP contribution in [-0.2, 0) is 25.2 Å². The lowest BCUT2D eigenvalue weighted by Crippen LogP contribution is -2.56. The molecule has 0 unspecified atom stereocenters. The van der Waals surface area contributed by atoms with E-state index < -0.39 is 12.0 Å². The number of aliphatic hydroxyl groups excluding tert-OH is 1. The summed E-state index contributed by atoms with van der Waals surface area (Å²) in [6, 6.07) is 8.90. The van der Waals surface area contributed by atoms with Gasteiger partial charge in [-0.25, -0.2) is 0 Å². The number of halogens is 3. The number of aromatic nitrogens is 1. The molecule has 2 aliphatic rings. The number of carbonyl (C=O) groups excluding carboxylic acids is 1. The molecule has 1 aromatic heterocycles. The molecule has 0 saturated carbocycles. The fourth-order valence-corrected chi connectivity index (χ4v) is 5.32. The zero-order chi connectivity index (χ0) is 24.7. The number of Topliss-reactive ketones (excluding diaryl/α,β-unsaturated/α-hetero) is 1. The number of alkyl halides is 3. The summed E-state index contributed by atoms with van der Waals surface area (Å²) in [6.45, 7) is 7.02. The first kappa shape index (κ1) is 24.8. The Hall–Kier alpha value is -2.36. The average molecular weight is 480 g/mol. The van der Waals surface area contributed by atoms with Gasteiger partial charge in [0.25, 0.3) is 5.78 Å². The molecule has 1 spiro atoms. The first-order chi connectivity index (χ1) is 16.0. The monoisotopic (exact) mass is 479 g/mol. The van der Waals surface area contributed by atoms with E-state index in [4.69, 9.17) is 4.74 Å². The molecule has 0 aliphatic carbocycles. The Balaban J connectivity index is 1.49. The average Bonchev–Trinajstić information content (AvgIpc) is 3.22. The summed E-state index contributed by atoms with van der Waals surface area (Å²) >= 11 is 0.